The predicted molar refractivity (Wildman–Crippen MR) is 118 cm³/mol. The molecule has 3 aromatic rings. The van der Waals surface area contributed by atoms with Crippen LogP contribution in [-0.2, 0) is 12.5 Å². The molecule has 0 aliphatic heterocycles. The van der Waals surface area contributed by atoms with Gasteiger partial charge in [-0.1, -0.05) is 52.8 Å². The Morgan fingerprint density at radius 2 is 1.67 bits per heavy atom. The van der Waals surface area contributed by atoms with E-state index in [0.29, 0.717) is 12.0 Å². The standard InChI is InChI=1S/C26H34N/c1-16(2)20-10-11-23-21(14-20)13-18(4)27(9)25(23)24-15-22(26(6,7)8)12-17(3)19(24)5/h10-16H,1-9H3/q+1/i13D. The Labute approximate surface area is 166 Å². The normalized spacial score (nSPS) is 12.7. The van der Waals surface area contributed by atoms with E-state index in [2.05, 4.69) is 97.3 Å². The summed E-state index contributed by atoms with van der Waals surface area (Å²) >= 11 is 0. The second kappa shape index (κ2) is 6.78. The molecule has 0 saturated carbocycles. The zero-order valence-electron chi connectivity index (χ0n) is 19.4. The summed E-state index contributed by atoms with van der Waals surface area (Å²) < 4.78 is 10.9. The van der Waals surface area contributed by atoms with Crippen molar-refractivity contribution in [3.63, 3.8) is 0 Å². The van der Waals surface area contributed by atoms with Crippen LogP contribution in [0.15, 0.2) is 36.4 Å². The van der Waals surface area contributed by atoms with Gasteiger partial charge in [0.05, 0.1) is 12.3 Å². The maximum atomic E-state index is 8.74. The number of fused-ring (bicyclic) bond motifs is 1. The van der Waals surface area contributed by atoms with E-state index in [4.69, 9.17) is 1.37 Å². The summed E-state index contributed by atoms with van der Waals surface area (Å²) in [6.07, 6.45) is 0. The van der Waals surface area contributed by atoms with Gasteiger partial charge in [0.25, 0.3) is 0 Å². The molecule has 0 spiro atoms. The molecule has 0 unspecified atom stereocenters. The Morgan fingerprint density at radius 3 is 2.26 bits per heavy atom. The van der Waals surface area contributed by atoms with Crippen LogP contribution < -0.4 is 4.57 Å². The van der Waals surface area contributed by atoms with Crippen molar-refractivity contribution in [2.75, 3.05) is 0 Å². The van der Waals surface area contributed by atoms with Crippen molar-refractivity contribution in [1.29, 1.82) is 0 Å². The highest BCUT2D eigenvalue weighted by atomic mass is 14.9. The van der Waals surface area contributed by atoms with E-state index >= 15 is 0 Å². The highest BCUT2D eigenvalue weighted by Gasteiger charge is 2.24. The molecule has 1 nitrogen and oxygen atoms in total. The minimum atomic E-state index is 0.0941. The topological polar surface area (TPSA) is 3.88 Å². The van der Waals surface area contributed by atoms with E-state index in [1.807, 2.05) is 0 Å². The number of benzene rings is 2. The van der Waals surface area contributed by atoms with Gasteiger partial charge in [0, 0.05) is 13.0 Å². The molecule has 0 fully saturated rings. The largest absolute Gasteiger partial charge is 0.220 e. The van der Waals surface area contributed by atoms with Gasteiger partial charge in [0.15, 0.2) is 5.69 Å². The van der Waals surface area contributed by atoms with E-state index < -0.39 is 0 Å². The molecular weight excluding hydrogens is 326 g/mol. The average Bonchev–Trinajstić information content (AvgIpc) is 2.62. The number of nitrogens with zero attached hydrogens (tertiary/aromatic N) is 1. The van der Waals surface area contributed by atoms with Crippen molar-refractivity contribution in [1.82, 2.24) is 0 Å². The molecule has 3 rings (SSSR count). The summed E-state index contributed by atoms with van der Waals surface area (Å²) in [6.45, 7) is 17.7. The van der Waals surface area contributed by atoms with E-state index in [9.17, 15) is 0 Å². The fourth-order valence-electron chi connectivity index (χ4n) is 3.72. The van der Waals surface area contributed by atoms with Crippen LogP contribution in [0.5, 0.6) is 0 Å². The van der Waals surface area contributed by atoms with Crippen LogP contribution >= 0.6 is 0 Å². The lowest BCUT2D eigenvalue weighted by Crippen LogP contribution is -2.35. The third-order valence-electron chi connectivity index (χ3n) is 5.91. The minimum Gasteiger partial charge on any atom is -0.198 e. The Hall–Kier alpha value is -2.15. The number of hydrogen-bond acceptors (Lipinski definition) is 0. The number of pyridine rings is 1. The van der Waals surface area contributed by atoms with Gasteiger partial charge in [-0.05, 0) is 65.0 Å². The molecule has 2 aromatic carbocycles. The summed E-state index contributed by atoms with van der Waals surface area (Å²) in [5.74, 6) is 0.453. The van der Waals surface area contributed by atoms with Crippen LogP contribution in [0.4, 0.5) is 0 Å². The fourth-order valence-corrected chi connectivity index (χ4v) is 3.72. The van der Waals surface area contributed by atoms with Crippen LogP contribution in [0, 0.1) is 20.8 Å². The minimum absolute atomic E-state index is 0.0941. The van der Waals surface area contributed by atoms with Crippen molar-refractivity contribution in [3.05, 3.63) is 64.3 Å². The summed E-state index contributed by atoms with van der Waals surface area (Å²) in [5, 5.41) is 2.21. The third-order valence-corrected chi connectivity index (χ3v) is 5.91. The Balaban J connectivity index is 2.46. The van der Waals surface area contributed by atoms with Gasteiger partial charge in [0.1, 0.15) is 7.05 Å². The van der Waals surface area contributed by atoms with E-state index in [0.717, 1.165) is 16.5 Å². The zero-order chi connectivity index (χ0) is 21.0. The number of aromatic nitrogens is 1. The Morgan fingerprint density at radius 1 is 1.00 bits per heavy atom. The van der Waals surface area contributed by atoms with Gasteiger partial charge in [-0.3, -0.25) is 0 Å². The van der Waals surface area contributed by atoms with Crippen molar-refractivity contribution in [2.45, 2.75) is 66.7 Å². The third kappa shape index (κ3) is 3.52. The molecule has 0 atom stereocenters. The van der Waals surface area contributed by atoms with Crippen LogP contribution in [0.2, 0.25) is 0 Å². The van der Waals surface area contributed by atoms with Crippen LogP contribution in [0.1, 0.15) is 69.9 Å². The molecule has 0 aliphatic carbocycles. The lowest BCUT2D eigenvalue weighted by Gasteiger charge is -2.22. The Bertz CT molecular complexity index is 1070. The van der Waals surface area contributed by atoms with Crippen LogP contribution in [-0.4, -0.2) is 0 Å². The molecular formula is C26H34N+. The number of hydrogen-bond donors (Lipinski definition) is 0. The van der Waals surface area contributed by atoms with Gasteiger partial charge < -0.3 is 0 Å². The van der Waals surface area contributed by atoms with E-state index in [1.165, 1.54) is 33.5 Å². The highest BCUT2D eigenvalue weighted by molar-refractivity contribution is 5.94. The zero-order valence-corrected chi connectivity index (χ0v) is 18.4. The maximum absolute atomic E-state index is 8.74. The van der Waals surface area contributed by atoms with Gasteiger partial charge >= 0.3 is 0 Å². The quantitative estimate of drug-likeness (QED) is 0.448. The fraction of sp³-hybridized carbons (Fsp3) is 0.423. The van der Waals surface area contributed by atoms with Gasteiger partial charge in [-0.25, -0.2) is 0 Å². The predicted octanol–water partition coefficient (Wildman–Crippen LogP) is 6.68. The maximum Gasteiger partial charge on any atom is 0.220 e. The van der Waals surface area contributed by atoms with E-state index in [-0.39, 0.29) is 5.41 Å². The molecule has 1 aromatic heterocycles. The molecule has 0 amide bonds. The Kier molecular flexibility index (Phi) is 4.58. The SMILES string of the molecule is [2H]c1c(C)[n+](C)c(-c2cc(C(C)(C)C)cc(C)c2C)c2ccc(C(C)C)cc12. The molecule has 0 bridgehead atoms. The molecule has 142 valence electrons. The summed E-state index contributed by atoms with van der Waals surface area (Å²) in [6, 6.07) is 12.0. The number of rotatable bonds is 2. The van der Waals surface area contributed by atoms with Gasteiger partial charge in [0.2, 0.25) is 5.69 Å². The lowest BCUT2D eigenvalue weighted by molar-refractivity contribution is -0.665. The van der Waals surface area contributed by atoms with Crippen molar-refractivity contribution in [2.24, 2.45) is 7.05 Å². The number of aryl methyl sites for hydroxylation is 1. The first-order valence-electron chi connectivity index (χ1n) is 10.5. The first kappa shape index (κ1) is 18.2. The van der Waals surface area contributed by atoms with Crippen molar-refractivity contribution < 1.29 is 5.94 Å². The molecule has 0 radical (unpaired) electrons. The van der Waals surface area contributed by atoms with Gasteiger partial charge in [-0.2, -0.15) is 4.57 Å². The molecule has 0 N–H and O–H groups in total. The highest BCUT2D eigenvalue weighted by Crippen LogP contribution is 2.35. The second-order valence-electron chi connectivity index (χ2n) is 9.29. The molecule has 27 heavy (non-hydrogen) atoms. The smallest absolute Gasteiger partial charge is 0.198 e. The second-order valence-corrected chi connectivity index (χ2v) is 9.29. The molecule has 1 heteroatoms. The van der Waals surface area contributed by atoms with Crippen molar-refractivity contribution >= 4 is 10.8 Å². The van der Waals surface area contributed by atoms with Crippen molar-refractivity contribution in [3.8, 4) is 11.3 Å². The first-order chi connectivity index (χ1) is 12.9. The first-order valence-corrected chi connectivity index (χ1v) is 9.98. The van der Waals surface area contributed by atoms with Crippen LogP contribution in [0.25, 0.3) is 22.0 Å². The molecule has 0 aliphatic rings. The van der Waals surface area contributed by atoms with E-state index in [1.54, 1.807) is 0 Å². The molecule has 0 saturated heterocycles. The summed E-state index contributed by atoms with van der Waals surface area (Å²) in [5.41, 5.74) is 8.86. The van der Waals surface area contributed by atoms with Gasteiger partial charge in [-0.15, -0.1) is 0 Å². The summed E-state index contributed by atoms with van der Waals surface area (Å²) in [4.78, 5) is 0. The molecule has 1 heterocycles. The monoisotopic (exact) mass is 361 g/mol. The lowest BCUT2D eigenvalue weighted by atomic mass is 9.82. The average molecular weight is 362 g/mol. The summed E-state index contributed by atoms with van der Waals surface area (Å²) in [7, 11) is 2.09. The van der Waals surface area contributed by atoms with Crippen LogP contribution in [0.3, 0.4) is 0 Å².